The molecule has 0 fully saturated rings. The zero-order chi connectivity index (χ0) is 15.4. The van der Waals surface area contributed by atoms with Crippen molar-refractivity contribution in [2.45, 2.75) is 39.2 Å². The van der Waals surface area contributed by atoms with E-state index in [1.165, 1.54) is 11.1 Å². The van der Waals surface area contributed by atoms with Crippen molar-refractivity contribution in [2.75, 3.05) is 27.2 Å². The van der Waals surface area contributed by atoms with Crippen molar-refractivity contribution in [3.63, 3.8) is 0 Å². The largest absolute Gasteiger partial charge is 0.330 e. The average Bonchev–Trinajstić information content (AvgIpc) is 2.76. The van der Waals surface area contributed by atoms with E-state index >= 15 is 0 Å². The van der Waals surface area contributed by atoms with Gasteiger partial charge in [0, 0.05) is 13.0 Å². The molecule has 0 radical (unpaired) electrons. The number of nitrogens with zero attached hydrogens (tertiary/aromatic N) is 3. The number of benzene rings is 1. The summed E-state index contributed by atoms with van der Waals surface area (Å²) in [5.74, 6) is 1.65. The number of aryl methyl sites for hydroxylation is 1. The Kier molecular flexibility index (Phi) is 5.37. The van der Waals surface area contributed by atoms with Gasteiger partial charge in [-0.1, -0.05) is 19.9 Å². The van der Waals surface area contributed by atoms with E-state index in [9.17, 15) is 0 Å². The molecule has 0 spiro atoms. The predicted molar refractivity (Wildman–Crippen MR) is 89.8 cm³/mol. The maximum Gasteiger partial charge on any atom is 0.111 e. The minimum Gasteiger partial charge on any atom is -0.330 e. The summed E-state index contributed by atoms with van der Waals surface area (Å²) in [6.45, 7) is 7.18. The second-order valence-corrected chi connectivity index (χ2v) is 6.28. The first-order valence-electron chi connectivity index (χ1n) is 7.86. The van der Waals surface area contributed by atoms with E-state index in [-0.39, 0.29) is 0 Å². The summed E-state index contributed by atoms with van der Waals surface area (Å²) in [6, 6.07) is 6.67. The van der Waals surface area contributed by atoms with Crippen LogP contribution in [0.3, 0.4) is 0 Å². The summed E-state index contributed by atoms with van der Waals surface area (Å²) in [5.41, 5.74) is 9.44. The fourth-order valence-electron chi connectivity index (χ4n) is 2.67. The van der Waals surface area contributed by atoms with Crippen molar-refractivity contribution in [1.29, 1.82) is 0 Å². The van der Waals surface area contributed by atoms with Gasteiger partial charge in [0.1, 0.15) is 5.82 Å². The first kappa shape index (κ1) is 16.0. The molecule has 2 aromatic rings. The van der Waals surface area contributed by atoms with Gasteiger partial charge >= 0.3 is 0 Å². The minimum absolute atomic E-state index is 0.534. The molecule has 4 heteroatoms. The predicted octanol–water partition coefficient (Wildman–Crippen LogP) is 2.61. The molecule has 0 aliphatic rings. The molecule has 0 aliphatic heterocycles. The molecule has 1 aromatic heterocycles. The van der Waals surface area contributed by atoms with Crippen LogP contribution in [0.25, 0.3) is 11.0 Å². The highest BCUT2D eigenvalue weighted by Crippen LogP contribution is 2.23. The van der Waals surface area contributed by atoms with E-state index in [0.717, 1.165) is 37.3 Å². The van der Waals surface area contributed by atoms with E-state index in [0.29, 0.717) is 12.5 Å². The van der Waals surface area contributed by atoms with Crippen molar-refractivity contribution < 1.29 is 0 Å². The summed E-state index contributed by atoms with van der Waals surface area (Å²) in [7, 11) is 4.23. The molecule has 4 nitrogen and oxygen atoms in total. The van der Waals surface area contributed by atoms with E-state index < -0.39 is 0 Å². The summed E-state index contributed by atoms with van der Waals surface area (Å²) in [6.07, 6.45) is 1.97. The third kappa shape index (κ3) is 3.83. The van der Waals surface area contributed by atoms with Crippen LogP contribution in [0.4, 0.5) is 0 Å². The van der Waals surface area contributed by atoms with E-state index in [4.69, 9.17) is 10.7 Å². The maximum atomic E-state index is 5.74. The quantitative estimate of drug-likeness (QED) is 0.852. The van der Waals surface area contributed by atoms with Gasteiger partial charge in [-0.3, -0.25) is 0 Å². The molecule has 21 heavy (non-hydrogen) atoms. The maximum absolute atomic E-state index is 5.74. The monoisotopic (exact) mass is 288 g/mol. The highest BCUT2D eigenvalue weighted by molar-refractivity contribution is 5.77. The van der Waals surface area contributed by atoms with Crippen molar-refractivity contribution in [1.82, 2.24) is 14.5 Å². The average molecular weight is 288 g/mol. The van der Waals surface area contributed by atoms with Gasteiger partial charge in [0.05, 0.1) is 11.0 Å². The normalized spacial score (nSPS) is 12.0. The Morgan fingerprint density at radius 2 is 2.05 bits per heavy atom. The fraction of sp³-hybridized carbons (Fsp3) is 0.588. The topological polar surface area (TPSA) is 47.1 Å². The van der Waals surface area contributed by atoms with Gasteiger partial charge in [-0.15, -0.1) is 0 Å². The van der Waals surface area contributed by atoms with Gasteiger partial charge < -0.3 is 15.2 Å². The molecule has 0 aliphatic carbocycles. The lowest BCUT2D eigenvalue weighted by atomic mass is 10.0. The van der Waals surface area contributed by atoms with Crippen molar-refractivity contribution in [3.8, 4) is 0 Å². The van der Waals surface area contributed by atoms with Crippen LogP contribution in [0.5, 0.6) is 0 Å². The SMILES string of the molecule is CC(C)c1ccc2c(c1)nc(CCN)n2CCCN(C)C. The number of aromatic nitrogens is 2. The van der Waals surface area contributed by atoms with Crippen LogP contribution >= 0.6 is 0 Å². The molecular weight excluding hydrogens is 260 g/mol. The Hall–Kier alpha value is -1.39. The highest BCUT2D eigenvalue weighted by Gasteiger charge is 2.11. The lowest BCUT2D eigenvalue weighted by Gasteiger charge is -2.12. The van der Waals surface area contributed by atoms with Crippen LogP contribution in [0.1, 0.15) is 37.6 Å². The molecule has 1 heterocycles. The van der Waals surface area contributed by atoms with Crippen molar-refractivity contribution in [2.24, 2.45) is 5.73 Å². The number of nitrogens with two attached hydrogens (primary N) is 1. The van der Waals surface area contributed by atoms with Gasteiger partial charge in [-0.05, 0) is 57.2 Å². The molecule has 0 saturated carbocycles. The first-order chi connectivity index (χ1) is 10.0. The van der Waals surface area contributed by atoms with Gasteiger partial charge in [0.15, 0.2) is 0 Å². The summed E-state index contributed by atoms with van der Waals surface area (Å²) in [4.78, 5) is 7.03. The van der Waals surface area contributed by atoms with E-state index in [1.54, 1.807) is 0 Å². The van der Waals surface area contributed by atoms with Crippen LogP contribution in [-0.4, -0.2) is 41.6 Å². The van der Waals surface area contributed by atoms with Crippen LogP contribution in [-0.2, 0) is 13.0 Å². The second-order valence-electron chi connectivity index (χ2n) is 6.28. The molecule has 116 valence electrons. The second kappa shape index (κ2) is 7.05. The number of fused-ring (bicyclic) bond motifs is 1. The molecule has 2 N–H and O–H groups in total. The zero-order valence-electron chi connectivity index (χ0n) is 13.8. The van der Waals surface area contributed by atoms with E-state index in [2.05, 4.69) is 55.6 Å². The molecular formula is C17H28N4. The summed E-state index contributed by atoms with van der Waals surface area (Å²) in [5, 5.41) is 0. The molecule has 0 amide bonds. The number of hydrogen-bond donors (Lipinski definition) is 1. The summed E-state index contributed by atoms with van der Waals surface area (Å²) >= 11 is 0. The van der Waals surface area contributed by atoms with Crippen LogP contribution in [0.2, 0.25) is 0 Å². The van der Waals surface area contributed by atoms with Crippen molar-refractivity contribution in [3.05, 3.63) is 29.6 Å². The van der Waals surface area contributed by atoms with E-state index in [1.807, 2.05) is 0 Å². The lowest BCUT2D eigenvalue weighted by molar-refractivity contribution is 0.386. The van der Waals surface area contributed by atoms with Crippen LogP contribution in [0, 0.1) is 0 Å². The van der Waals surface area contributed by atoms with Crippen molar-refractivity contribution >= 4 is 11.0 Å². The molecule has 0 saturated heterocycles. The molecule has 2 rings (SSSR count). The Morgan fingerprint density at radius 3 is 2.67 bits per heavy atom. The summed E-state index contributed by atoms with van der Waals surface area (Å²) < 4.78 is 2.34. The molecule has 0 unspecified atom stereocenters. The fourth-order valence-corrected chi connectivity index (χ4v) is 2.67. The smallest absolute Gasteiger partial charge is 0.111 e. The first-order valence-corrected chi connectivity index (χ1v) is 7.86. The van der Waals surface area contributed by atoms with Crippen LogP contribution < -0.4 is 5.73 Å². The lowest BCUT2D eigenvalue weighted by Crippen LogP contribution is -2.16. The highest BCUT2D eigenvalue weighted by atomic mass is 15.1. The Labute approximate surface area is 128 Å². The number of rotatable bonds is 7. The van der Waals surface area contributed by atoms with Gasteiger partial charge in [-0.2, -0.15) is 0 Å². The third-order valence-electron chi connectivity index (χ3n) is 3.87. The Balaban J connectivity index is 2.33. The standard InChI is InChI=1S/C17H28N4/c1-13(2)14-6-7-16-15(12-14)19-17(8-9-18)21(16)11-5-10-20(3)4/h6-7,12-13H,5,8-11,18H2,1-4H3. The Bertz CT molecular complexity index is 584. The molecule has 1 aromatic carbocycles. The molecule has 0 atom stereocenters. The zero-order valence-corrected chi connectivity index (χ0v) is 13.8. The van der Waals surface area contributed by atoms with Gasteiger partial charge in [0.2, 0.25) is 0 Å². The third-order valence-corrected chi connectivity index (χ3v) is 3.87. The molecule has 0 bridgehead atoms. The number of imidazole rings is 1. The van der Waals surface area contributed by atoms with Crippen LogP contribution in [0.15, 0.2) is 18.2 Å². The number of hydrogen-bond acceptors (Lipinski definition) is 3. The Morgan fingerprint density at radius 1 is 1.29 bits per heavy atom. The van der Waals surface area contributed by atoms with Gasteiger partial charge in [0.25, 0.3) is 0 Å². The van der Waals surface area contributed by atoms with Gasteiger partial charge in [-0.25, -0.2) is 4.98 Å². The minimum atomic E-state index is 0.534.